The molecular formula is C14H20ClNO. The van der Waals surface area contributed by atoms with Crippen molar-refractivity contribution in [2.24, 2.45) is 11.7 Å². The van der Waals surface area contributed by atoms with Gasteiger partial charge in [0.2, 0.25) is 0 Å². The van der Waals surface area contributed by atoms with Gasteiger partial charge in [-0.3, -0.25) is 0 Å². The number of ether oxygens (including phenoxy) is 1. The van der Waals surface area contributed by atoms with Gasteiger partial charge in [0.25, 0.3) is 0 Å². The highest BCUT2D eigenvalue weighted by atomic mass is 35.5. The third kappa shape index (κ3) is 3.01. The van der Waals surface area contributed by atoms with Crippen LogP contribution >= 0.6 is 11.6 Å². The van der Waals surface area contributed by atoms with Crippen molar-refractivity contribution in [3.8, 4) is 0 Å². The lowest BCUT2D eigenvalue weighted by molar-refractivity contribution is 0.0814. The highest BCUT2D eigenvalue weighted by Crippen LogP contribution is 2.28. The topological polar surface area (TPSA) is 35.2 Å². The molecule has 1 aliphatic heterocycles. The van der Waals surface area contributed by atoms with E-state index in [-0.39, 0.29) is 6.04 Å². The molecule has 2 nitrogen and oxygen atoms in total. The third-order valence-corrected chi connectivity index (χ3v) is 4.00. The molecule has 1 aliphatic rings. The predicted octanol–water partition coefficient (Wildman–Crippen LogP) is 3.02. The minimum absolute atomic E-state index is 0.141. The number of rotatable bonds is 4. The van der Waals surface area contributed by atoms with E-state index in [1.54, 1.807) is 0 Å². The maximum atomic E-state index is 6.31. The van der Waals surface area contributed by atoms with Crippen LogP contribution in [0, 0.1) is 5.92 Å². The third-order valence-electron chi connectivity index (χ3n) is 3.63. The molecule has 0 amide bonds. The van der Waals surface area contributed by atoms with E-state index in [0.717, 1.165) is 36.5 Å². The van der Waals surface area contributed by atoms with Gasteiger partial charge in [-0.15, -0.1) is 0 Å². The summed E-state index contributed by atoms with van der Waals surface area (Å²) < 4.78 is 5.69. The van der Waals surface area contributed by atoms with E-state index in [2.05, 4.69) is 13.0 Å². The number of hydrogen-bond donors (Lipinski definition) is 1. The molecule has 17 heavy (non-hydrogen) atoms. The maximum absolute atomic E-state index is 6.31. The van der Waals surface area contributed by atoms with Crippen LogP contribution in [0.4, 0.5) is 0 Å². The standard InChI is InChI=1S/C14H20ClNO/c1-2-14-11(7-8-17-14)13(16)9-10-5-3-4-6-12(10)15/h3-6,11,13-14H,2,7-9,16H2,1H3. The lowest BCUT2D eigenvalue weighted by Crippen LogP contribution is -2.37. The first kappa shape index (κ1) is 12.9. The van der Waals surface area contributed by atoms with Gasteiger partial charge < -0.3 is 10.5 Å². The summed E-state index contributed by atoms with van der Waals surface area (Å²) in [7, 11) is 0. The summed E-state index contributed by atoms with van der Waals surface area (Å²) in [5.74, 6) is 0.469. The van der Waals surface area contributed by atoms with Crippen LogP contribution < -0.4 is 5.73 Å². The number of halogens is 1. The van der Waals surface area contributed by atoms with Crippen molar-refractivity contribution in [1.82, 2.24) is 0 Å². The van der Waals surface area contributed by atoms with Crippen molar-refractivity contribution in [2.45, 2.75) is 38.3 Å². The zero-order valence-electron chi connectivity index (χ0n) is 10.2. The summed E-state index contributed by atoms with van der Waals surface area (Å²) in [6, 6.07) is 8.08. The Hall–Kier alpha value is -0.570. The molecule has 0 radical (unpaired) electrons. The molecule has 0 aromatic heterocycles. The first-order valence-corrected chi connectivity index (χ1v) is 6.70. The van der Waals surface area contributed by atoms with E-state index >= 15 is 0 Å². The van der Waals surface area contributed by atoms with Crippen molar-refractivity contribution < 1.29 is 4.74 Å². The average Bonchev–Trinajstić information content (AvgIpc) is 2.80. The van der Waals surface area contributed by atoms with E-state index in [1.807, 2.05) is 18.2 Å². The summed E-state index contributed by atoms with van der Waals surface area (Å²) >= 11 is 6.16. The van der Waals surface area contributed by atoms with Gasteiger partial charge in [-0.2, -0.15) is 0 Å². The number of nitrogens with two attached hydrogens (primary N) is 1. The molecule has 0 saturated carbocycles. The summed E-state index contributed by atoms with van der Waals surface area (Å²) in [6.07, 6.45) is 3.28. The monoisotopic (exact) mass is 253 g/mol. The van der Waals surface area contributed by atoms with Gasteiger partial charge >= 0.3 is 0 Å². The van der Waals surface area contributed by atoms with Gasteiger partial charge in [0.15, 0.2) is 0 Å². The average molecular weight is 254 g/mol. The van der Waals surface area contributed by atoms with Gasteiger partial charge in [0.1, 0.15) is 0 Å². The molecule has 0 aliphatic carbocycles. The van der Waals surface area contributed by atoms with E-state index in [4.69, 9.17) is 22.1 Å². The van der Waals surface area contributed by atoms with Gasteiger partial charge in [0.05, 0.1) is 6.10 Å². The smallest absolute Gasteiger partial charge is 0.0616 e. The Labute approximate surface area is 108 Å². The van der Waals surface area contributed by atoms with Gasteiger partial charge in [-0.1, -0.05) is 36.7 Å². The minimum Gasteiger partial charge on any atom is -0.378 e. The Morgan fingerprint density at radius 3 is 2.94 bits per heavy atom. The van der Waals surface area contributed by atoms with Gasteiger partial charge in [-0.05, 0) is 30.9 Å². The second-order valence-electron chi connectivity index (χ2n) is 4.73. The van der Waals surface area contributed by atoms with Crippen LogP contribution in [0.25, 0.3) is 0 Å². The summed E-state index contributed by atoms with van der Waals surface area (Å²) in [5, 5.41) is 0.815. The Kier molecular flexibility index (Phi) is 4.43. The fourth-order valence-corrected chi connectivity index (χ4v) is 2.86. The molecular weight excluding hydrogens is 234 g/mol. The van der Waals surface area contributed by atoms with Crippen molar-refractivity contribution in [3.63, 3.8) is 0 Å². The minimum atomic E-state index is 0.141. The van der Waals surface area contributed by atoms with E-state index in [9.17, 15) is 0 Å². The molecule has 0 bridgehead atoms. The van der Waals surface area contributed by atoms with Crippen molar-refractivity contribution in [1.29, 1.82) is 0 Å². The zero-order chi connectivity index (χ0) is 12.3. The van der Waals surface area contributed by atoms with Crippen LogP contribution in [0.2, 0.25) is 5.02 Å². The largest absolute Gasteiger partial charge is 0.378 e. The van der Waals surface area contributed by atoms with E-state index < -0.39 is 0 Å². The molecule has 1 heterocycles. The van der Waals surface area contributed by atoms with E-state index in [1.165, 1.54) is 0 Å². The summed E-state index contributed by atoms with van der Waals surface area (Å²) in [5.41, 5.74) is 7.45. The van der Waals surface area contributed by atoms with Crippen LogP contribution in [0.5, 0.6) is 0 Å². The molecule has 3 unspecified atom stereocenters. The summed E-state index contributed by atoms with van der Waals surface area (Å²) in [6.45, 7) is 3.00. The molecule has 3 atom stereocenters. The molecule has 1 aromatic carbocycles. The second kappa shape index (κ2) is 5.85. The lowest BCUT2D eigenvalue weighted by atomic mass is 9.88. The molecule has 2 rings (SSSR count). The van der Waals surface area contributed by atoms with Crippen LogP contribution in [-0.2, 0) is 11.2 Å². The highest BCUT2D eigenvalue weighted by Gasteiger charge is 2.31. The van der Waals surface area contributed by atoms with Gasteiger partial charge in [0, 0.05) is 23.6 Å². The highest BCUT2D eigenvalue weighted by molar-refractivity contribution is 6.31. The van der Waals surface area contributed by atoms with E-state index in [0.29, 0.717) is 12.0 Å². The molecule has 3 heteroatoms. The van der Waals surface area contributed by atoms with Gasteiger partial charge in [-0.25, -0.2) is 0 Å². The molecule has 1 aromatic rings. The fraction of sp³-hybridized carbons (Fsp3) is 0.571. The van der Waals surface area contributed by atoms with Crippen LogP contribution in [0.3, 0.4) is 0 Å². The van der Waals surface area contributed by atoms with Crippen LogP contribution in [-0.4, -0.2) is 18.8 Å². The predicted molar refractivity (Wildman–Crippen MR) is 71.3 cm³/mol. The molecule has 1 fully saturated rings. The second-order valence-corrected chi connectivity index (χ2v) is 5.14. The zero-order valence-corrected chi connectivity index (χ0v) is 11.0. The Balaban J connectivity index is 2.01. The molecule has 1 saturated heterocycles. The lowest BCUT2D eigenvalue weighted by Gasteiger charge is -2.24. The maximum Gasteiger partial charge on any atom is 0.0616 e. The first-order chi connectivity index (χ1) is 8.22. The van der Waals surface area contributed by atoms with Crippen LogP contribution in [0.15, 0.2) is 24.3 Å². The Morgan fingerprint density at radius 1 is 1.47 bits per heavy atom. The first-order valence-electron chi connectivity index (χ1n) is 6.33. The Morgan fingerprint density at radius 2 is 2.24 bits per heavy atom. The molecule has 94 valence electrons. The number of benzene rings is 1. The van der Waals surface area contributed by atoms with Crippen molar-refractivity contribution in [2.75, 3.05) is 6.61 Å². The molecule has 0 spiro atoms. The number of hydrogen-bond acceptors (Lipinski definition) is 2. The van der Waals surface area contributed by atoms with Crippen molar-refractivity contribution >= 4 is 11.6 Å². The normalized spacial score (nSPS) is 26.1. The van der Waals surface area contributed by atoms with Crippen LogP contribution in [0.1, 0.15) is 25.3 Å². The quantitative estimate of drug-likeness (QED) is 0.895. The molecule has 2 N–H and O–H groups in total. The summed E-state index contributed by atoms with van der Waals surface area (Å²) in [4.78, 5) is 0. The SMILES string of the molecule is CCC1OCCC1C(N)Cc1ccccc1Cl. The fourth-order valence-electron chi connectivity index (χ4n) is 2.64. The Bertz CT molecular complexity index is 369. The van der Waals surface area contributed by atoms with Crippen molar-refractivity contribution in [3.05, 3.63) is 34.9 Å².